The molecule has 4 aromatic carbocycles. The van der Waals surface area contributed by atoms with Crippen LogP contribution < -0.4 is 14.8 Å². The lowest BCUT2D eigenvalue weighted by Gasteiger charge is -2.16. The van der Waals surface area contributed by atoms with Crippen LogP contribution in [0.2, 0.25) is 0 Å². The molecule has 0 aliphatic rings. The van der Waals surface area contributed by atoms with E-state index in [2.05, 4.69) is 66.4 Å². The average molecular weight is 520 g/mol. The molecule has 0 heterocycles. The van der Waals surface area contributed by atoms with Crippen molar-refractivity contribution in [2.24, 2.45) is 0 Å². The first kappa shape index (κ1) is 27.1. The van der Waals surface area contributed by atoms with E-state index in [1.54, 1.807) is 12.1 Å². The van der Waals surface area contributed by atoms with E-state index in [9.17, 15) is 13.2 Å². The monoisotopic (exact) mass is 519 g/mol. The van der Waals surface area contributed by atoms with Gasteiger partial charge in [-0.25, -0.2) is 0 Å². The first-order valence-corrected chi connectivity index (χ1v) is 12.7. The number of halogens is 3. The van der Waals surface area contributed by atoms with Crippen molar-refractivity contribution < 1.29 is 22.6 Å². The molecule has 0 radical (unpaired) electrons. The van der Waals surface area contributed by atoms with E-state index in [0.29, 0.717) is 6.61 Å². The van der Waals surface area contributed by atoms with E-state index in [4.69, 9.17) is 4.74 Å². The zero-order chi connectivity index (χ0) is 27.0. The van der Waals surface area contributed by atoms with E-state index in [1.165, 1.54) is 28.8 Å². The van der Waals surface area contributed by atoms with Gasteiger partial charge in [0.15, 0.2) is 0 Å². The Morgan fingerprint density at radius 3 is 2.08 bits per heavy atom. The molecule has 4 aromatic rings. The summed E-state index contributed by atoms with van der Waals surface area (Å²) in [6.07, 6.45) is -1.66. The van der Waals surface area contributed by atoms with Crippen LogP contribution in [0.1, 0.15) is 35.1 Å². The molecule has 1 N–H and O–H groups in total. The second-order valence-electron chi connectivity index (χ2n) is 9.44. The molecule has 0 aliphatic carbocycles. The number of anilines is 1. The van der Waals surface area contributed by atoms with E-state index in [1.807, 2.05) is 24.3 Å². The molecule has 0 bridgehead atoms. The number of nitrogens with one attached hydrogen (secondary N) is 1. The lowest BCUT2D eigenvalue weighted by atomic mass is 10.0. The molecule has 0 unspecified atom stereocenters. The Labute approximate surface area is 222 Å². The predicted molar refractivity (Wildman–Crippen MR) is 147 cm³/mol. The molecular weight excluding hydrogens is 487 g/mol. The Morgan fingerprint density at radius 2 is 1.39 bits per heavy atom. The molecule has 0 saturated carbocycles. The maximum Gasteiger partial charge on any atom is 0.573 e. The van der Waals surface area contributed by atoms with Crippen molar-refractivity contribution in [3.63, 3.8) is 0 Å². The van der Waals surface area contributed by atoms with Crippen LogP contribution in [-0.2, 0) is 13.0 Å². The van der Waals surface area contributed by atoms with Crippen molar-refractivity contribution in [1.82, 2.24) is 0 Å². The number of ether oxygens (including phenoxy) is 2. The number of benzene rings is 4. The Hall–Kier alpha value is -3.93. The highest BCUT2D eigenvalue weighted by molar-refractivity contribution is 5.72. The Morgan fingerprint density at radius 1 is 0.711 bits per heavy atom. The van der Waals surface area contributed by atoms with Gasteiger partial charge in [-0.15, -0.1) is 13.2 Å². The van der Waals surface area contributed by atoms with Gasteiger partial charge < -0.3 is 14.8 Å². The van der Waals surface area contributed by atoms with Gasteiger partial charge in [-0.1, -0.05) is 77.9 Å². The van der Waals surface area contributed by atoms with Crippen LogP contribution in [0.3, 0.4) is 0 Å². The van der Waals surface area contributed by atoms with Crippen LogP contribution >= 0.6 is 0 Å². The highest BCUT2D eigenvalue weighted by Gasteiger charge is 2.31. The minimum atomic E-state index is -4.71. The van der Waals surface area contributed by atoms with Gasteiger partial charge in [-0.2, -0.15) is 0 Å². The number of hydrogen-bond acceptors (Lipinski definition) is 3. The van der Waals surface area contributed by atoms with Gasteiger partial charge in [0.1, 0.15) is 18.1 Å². The largest absolute Gasteiger partial charge is 0.573 e. The number of alkyl halides is 3. The molecule has 0 aromatic heterocycles. The molecular formula is C32H32F3NO2. The summed E-state index contributed by atoms with van der Waals surface area (Å²) in [7, 11) is 0. The summed E-state index contributed by atoms with van der Waals surface area (Å²) in [4.78, 5) is 0. The van der Waals surface area contributed by atoms with Crippen molar-refractivity contribution >= 4 is 5.69 Å². The summed E-state index contributed by atoms with van der Waals surface area (Å²) in [6.45, 7) is 5.35. The third kappa shape index (κ3) is 8.30. The first-order chi connectivity index (χ1) is 18.2. The molecule has 0 aliphatic heterocycles. The highest BCUT2D eigenvalue weighted by atomic mass is 19.4. The molecule has 0 amide bonds. The number of hydrogen-bond donors (Lipinski definition) is 1. The molecule has 0 atom stereocenters. The standard InChI is InChI=1S/C32H32F3NO2/c1-23-18-24(2)20-26(19-23)22-37-31-16-13-28(27-11-14-29(15-12-27)38-32(33,34)35)21-30(31)36-17-7-6-10-25-8-4-3-5-9-25/h3-5,8-9,11-16,18-21,36H,6-7,10,17,22H2,1-2H3. The fraction of sp³-hybridized carbons (Fsp3) is 0.250. The Kier molecular flexibility index (Phi) is 8.95. The number of unbranched alkanes of at least 4 members (excludes halogenated alkanes) is 1. The number of rotatable bonds is 11. The normalized spacial score (nSPS) is 11.3. The maximum absolute atomic E-state index is 12.5. The summed E-state index contributed by atoms with van der Waals surface area (Å²) in [6, 6.07) is 28.5. The van der Waals surface area contributed by atoms with Crippen LogP contribution in [0.15, 0.2) is 91.0 Å². The van der Waals surface area contributed by atoms with Gasteiger partial charge in [0.2, 0.25) is 0 Å². The zero-order valence-corrected chi connectivity index (χ0v) is 21.6. The third-order valence-corrected chi connectivity index (χ3v) is 6.13. The molecule has 6 heteroatoms. The second-order valence-corrected chi connectivity index (χ2v) is 9.44. The molecule has 3 nitrogen and oxygen atoms in total. The fourth-order valence-electron chi connectivity index (χ4n) is 4.46. The van der Waals surface area contributed by atoms with Crippen LogP contribution in [0.5, 0.6) is 11.5 Å². The van der Waals surface area contributed by atoms with Crippen LogP contribution in [0, 0.1) is 13.8 Å². The van der Waals surface area contributed by atoms with Crippen LogP contribution in [0.4, 0.5) is 18.9 Å². The van der Waals surface area contributed by atoms with E-state index in [0.717, 1.165) is 53.9 Å². The molecule has 0 fully saturated rings. The highest BCUT2D eigenvalue weighted by Crippen LogP contribution is 2.33. The average Bonchev–Trinajstić information content (AvgIpc) is 2.87. The summed E-state index contributed by atoms with van der Waals surface area (Å²) in [5, 5.41) is 3.51. The van der Waals surface area contributed by atoms with Crippen molar-refractivity contribution in [3.05, 3.63) is 113 Å². The van der Waals surface area contributed by atoms with Crippen molar-refractivity contribution in [1.29, 1.82) is 0 Å². The number of aryl methyl sites for hydroxylation is 3. The van der Waals surface area contributed by atoms with Crippen LogP contribution in [0.25, 0.3) is 11.1 Å². The van der Waals surface area contributed by atoms with Gasteiger partial charge in [-0.3, -0.25) is 0 Å². The van der Waals surface area contributed by atoms with Gasteiger partial charge in [-0.05, 0) is 79.6 Å². The summed E-state index contributed by atoms with van der Waals surface area (Å²) >= 11 is 0. The van der Waals surface area contributed by atoms with Crippen molar-refractivity contribution in [3.8, 4) is 22.6 Å². The third-order valence-electron chi connectivity index (χ3n) is 6.13. The SMILES string of the molecule is Cc1cc(C)cc(COc2ccc(-c3ccc(OC(F)(F)F)cc3)cc2NCCCCc2ccccc2)c1. The Bertz CT molecular complexity index is 1300. The minimum absolute atomic E-state index is 0.244. The van der Waals surface area contributed by atoms with Gasteiger partial charge in [0.05, 0.1) is 5.69 Å². The first-order valence-electron chi connectivity index (χ1n) is 12.7. The smallest absolute Gasteiger partial charge is 0.487 e. The molecule has 198 valence electrons. The molecule has 0 spiro atoms. The van der Waals surface area contributed by atoms with Crippen molar-refractivity contribution in [2.75, 3.05) is 11.9 Å². The lowest BCUT2D eigenvalue weighted by Crippen LogP contribution is -2.16. The van der Waals surface area contributed by atoms with Gasteiger partial charge >= 0.3 is 6.36 Å². The summed E-state index contributed by atoms with van der Waals surface area (Å²) in [5.41, 5.74) is 7.30. The lowest BCUT2D eigenvalue weighted by molar-refractivity contribution is -0.274. The topological polar surface area (TPSA) is 30.5 Å². The molecule has 0 saturated heterocycles. The molecule has 38 heavy (non-hydrogen) atoms. The minimum Gasteiger partial charge on any atom is -0.487 e. The van der Waals surface area contributed by atoms with Crippen LogP contribution in [-0.4, -0.2) is 12.9 Å². The summed E-state index contributed by atoms with van der Waals surface area (Å²) in [5.74, 6) is 0.486. The maximum atomic E-state index is 12.5. The predicted octanol–water partition coefficient (Wildman–Crippen LogP) is 8.88. The van der Waals surface area contributed by atoms with Gasteiger partial charge in [0, 0.05) is 6.54 Å². The molecule has 4 rings (SSSR count). The van der Waals surface area contributed by atoms with E-state index >= 15 is 0 Å². The quantitative estimate of drug-likeness (QED) is 0.201. The van der Waals surface area contributed by atoms with E-state index in [-0.39, 0.29) is 5.75 Å². The zero-order valence-electron chi connectivity index (χ0n) is 21.6. The second kappa shape index (κ2) is 12.5. The van der Waals surface area contributed by atoms with E-state index < -0.39 is 6.36 Å². The van der Waals surface area contributed by atoms with Crippen molar-refractivity contribution in [2.45, 2.75) is 46.1 Å². The fourth-order valence-corrected chi connectivity index (χ4v) is 4.46. The summed E-state index contributed by atoms with van der Waals surface area (Å²) < 4.78 is 47.8. The van der Waals surface area contributed by atoms with Gasteiger partial charge in [0.25, 0.3) is 0 Å². The Balaban J connectivity index is 1.47.